The molecule has 1 unspecified atom stereocenters. The third-order valence-corrected chi connectivity index (χ3v) is 6.01. The molecule has 0 amide bonds. The third-order valence-electron chi connectivity index (χ3n) is 6.01. The van der Waals surface area contributed by atoms with Crippen LogP contribution in [0.2, 0.25) is 0 Å². The molecule has 1 aromatic carbocycles. The van der Waals surface area contributed by atoms with Crippen LogP contribution in [0.4, 0.5) is 0 Å². The molecule has 2 saturated heterocycles. The van der Waals surface area contributed by atoms with E-state index in [1.165, 1.54) is 5.56 Å². The lowest BCUT2D eigenvalue weighted by Crippen LogP contribution is -2.53. The first-order valence-corrected chi connectivity index (χ1v) is 9.74. The number of hydrogen-bond donors (Lipinski definition) is 2. The molecule has 6 heteroatoms. The van der Waals surface area contributed by atoms with Gasteiger partial charge < -0.3 is 14.6 Å². The number of methoxy groups -OCH3 is 1. The van der Waals surface area contributed by atoms with Crippen molar-refractivity contribution in [2.45, 2.75) is 50.4 Å². The van der Waals surface area contributed by atoms with Crippen LogP contribution in [0.5, 0.6) is 5.75 Å². The summed E-state index contributed by atoms with van der Waals surface area (Å²) in [4.78, 5) is 2.45. The highest BCUT2D eigenvalue weighted by Crippen LogP contribution is 2.39. The van der Waals surface area contributed by atoms with Gasteiger partial charge in [0.25, 0.3) is 0 Å². The first-order valence-electron chi connectivity index (χ1n) is 9.74. The number of aromatic nitrogens is 2. The fourth-order valence-corrected chi connectivity index (χ4v) is 4.44. The number of aromatic amines is 1. The Balaban J connectivity index is 1.41. The Morgan fingerprint density at radius 2 is 1.96 bits per heavy atom. The van der Waals surface area contributed by atoms with Crippen molar-refractivity contribution >= 4 is 0 Å². The van der Waals surface area contributed by atoms with E-state index in [1.807, 2.05) is 25.3 Å². The SMILES string of the molecule is COc1ccc(-c2[nH]ncc2CN2CCC3(CC2)CC(C)(O)CCO3)cc1. The Bertz CT molecular complexity index is 761. The number of likely N-dealkylation sites (tertiary alicyclic amines) is 1. The Morgan fingerprint density at radius 3 is 2.63 bits per heavy atom. The van der Waals surface area contributed by atoms with Crippen molar-refractivity contribution in [1.82, 2.24) is 15.1 Å². The van der Waals surface area contributed by atoms with Crippen LogP contribution in [0.3, 0.4) is 0 Å². The van der Waals surface area contributed by atoms with Crippen LogP contribution in [0.1, 0.15) is 38.2 Å². The van der Waals surface area contributed by atoms with Crippen molar-refractivity contribution in [3.63, 3.8) is 0 Å². The topological polar surface area (TPSA) is 70.6 Å². The van der Waals surface area contributed by atoms with Crippen LogP contribution in [0, 0.1) is 0 Å². The molecule has 6 nitrogen and oxygen atoms in total. The number of ether oxygens (including phenoxy) is 2. The van der Waals surface area contributed by atoms with Crippen molar-refractivity contribution < 1.29 is 14.6 Å². The molecule has 27 heavy (non-hydrogen) atoms. The number of hydrogen-bond acceptors (Lipinski definition) is 5. The van der Waals surface area contributed by atoms with Crippen LogP contribution >= 0.6 is 0 Å². The van der Waals surface area contributed by atoms with E-state index in [9.17, 15) is 5.11 Å². The first kappa shape index (κ1) is 18.5. The van der Waals surface area contributed by atoms with Crippen molar-refractivity contribution in [1.29, 1.82) is 0 Å². The van der Waals surface area contributed by atoms with Gasteiger partial charge in [-0.3, -0.25) is 10.00 Å². The first-order chi connectivity index (χ1) is 13.0. The molecule has 0 aliphatic carbocycles. The van der Waals surface area contributed by atoms with Crippen LogP contribution in [-0.2, 0) is 11.3 Å². The fourth-order valence-electron chi connectivity index (χ4n) is 4.44. The zero-order chi connectivity index (χ0) is 18.9. The highest BCUT2D eigenvalue weighted by molar-refractivity contribution is 5.63. The average molecular weight is 371 g/mol. The molecule has 146 valence electrons. The van der Waals surface area contributed by atoms with Gasteiger partial charge in [0.15, 0.2) is 0 Å². The quantitative estimate of drug-likeness (QED) is 0.865. The van der Waals surface area contributed by atoms with Gasteiger partial charge in [-0.2, -0.15) is 5.10 Å². The van der Waals surface area contributed by atoms with Gasteiger partial charge in [-0.15, -0.1) is 0 Å². The summed E-state index contributed by atoms with van der Waals surface area (Å²) in [5, 5.41) is 17.9. The van der Waals surface area contributed by atoms with Gasteiger partial charge in [-0.1, -0.05) is 0 Å². The lowest BCUT2D eigenvalue weighted by atomic mass is 9.78. The van der Waals surface area contributed by atoms with E-state index in [0.717, 1.165) is 62.3 Å². The van der Waals surface area contributed by atoms with Gasteiger partial charge in [0.2, 0.25) is 0 Å². The number of nitrogens with one attached hydrogen (secondary N) is 1. The van der Waals surface area contributed by atoms with E-state index in [0.29, 0.717) is 6.61 Å². The standard InChI is InChI=1S/C21H29N3O3/c1-20(25)9-12-27-21(15-20)7-10-24(11-8-21)14-17-13-22-23-19(17)16-3-5-18(26-2)6-4-16/h3-6,13,25H,7-12,14-15H2,1-2H3,(H,22,23). The third kappa shape index (κ3) is 4.03. The van der Waals surface area contributed by atoms with E-state index < -0.39 is 5.60 Å². The molecular weight excluding hydrogens is 342 g/mol. The fraction of sp³-hybridized carbons (Fsp3) is 0.571. The van der Waals surface area contributed by atoms with Gasteiger partial charge in [0.1, 0.15) is 5.75 Å². The largest absolute Gasteiger partial charge is 0.497 e. The molecule has 3 heterocycles. The number of benzene rings is 1. The summed E-state index contributed by atoms with van der Waals surface area (Å²) in [7, 11) is 1.68. The number of nitrogens with zero attached hydrogens (tertiary/aromatic N) is 2. The minimum Gasteiger partial charge on any atom is -0.497 e. The van der Waals surface area contributed by atoms with Crippen molar-refractivity contribution in [3.05, 3.63) is 36.0 Å². The maximum Gasteiger partial charge on any atom is 0.118 e. The van der Waals surface area contributed by atoms with E-state index in [1.54, 1.807) is 7.11 Å². The Hall–Kier alpha value is -1.89. The number of H-pyrrole nitrogens is 1. The zero-order valence-electron chi connectivity index (χ0n) is 16.2. The molecule has 2 aliphatic rings. The summed E-state index contributed by atoms with van der Waals surface area (Å²) < 4.78 is 11.4. The van der Waals surface area contributed by atoms with Crippen molar-refractivity contribution in [3.8, 4) is 17.0 Å². The summed E-state index contributed by atoms with van der Waals surface area (Å²) in [5.74, 6) is 0.851. The Morgan fingerprint density at radius 1 is 1.22 bits per heavy atom. The molecule has 0 saturated carbocycles. The van der Waals surface area contributed by atoms with Crippen LogP contribution < -0.4 is 4.74 Å². The van der Waals surface area contributed by atoms with E-state index >= 15 is 0 Å². The maximum atomic E-state index is 10.5. The molecule has 1 aromatic heterocycles. The smallest absolute Gasteiger partial charge is 0.118 e. The second kappa shape index (κ2) is 7.26. The monoisotopic (exact) mass is 371 g/mol. The number of piperidine rings is 1. The summed E-state index contributed by atoms with van der Waals surface area (Å²) in [6.07, 6.45) is 5.35. The lowest BCUT2D eigenvalue weighted by Gasteiger charge is -2.48. The molecule has 1 atom stereocenters. The zero-order valence-corrected chi connectivity index (χ0v) is 16.2. The molecule has 4 rings (SSSR count). The molecule has 2 N–H and O–H groups in total. The van der Waals surface area contributed by atoms with Gasteiger partial charge in [0, 0.05) is 37.2 Å². The van der Waals surface area contributed by atoms with Crippen LogP contribution in [0.15, 0.2) is 30.5 Å². The molecule has 2 aromatic rings. The van der Waals surface area contributed by atoms with Gasteiger partial charge in [-0.25, -0.2) is 0 Å². The molecular formula is C21H29N3O3. The summed E-state index contributed by atoms with van der Waals surface area (Å²) >= 11 is 0. The second-order valence-corrected chi connectivity index (χ2v) is 8.23. The highest BCUT2D eigenvalue weighted by Gasteiger charge is 2.44. The average Bonchev–Trinajstić information content (AvgIpc) is 3.11. The lowest BCUT2D eigenvalue weighted by molar-refractivity contribution is -0.173. The molecule has 0 bridgehead atoms. The summed E-state index contributed by atoms with van der Waals surface area (Å²) in [6.45, 7) is 5.42. The highest BCUT2D eigenvalue weighted by atomic mass is 16.5. The van der Waals surface area contributed by atoms with Crippen LogP contribution in [0.25, 0.3) is 11.3 Å². The van der Waals surface area contributed by atoms with E-state index in [2.05, 4.69) is 27.2 Å². The second-order valence-electron chi connectivity index (χ2n) is 8.23. The normalized spacial score (nSPS) is 25.6. The summed E-state index contributed by atoms with van der Waals surface area (Å²) in [6, 6.07) is 8.05. The molecule has 2 fully saturated rings. The summed E-state index contributed by atoms with van der Waals surface area (Å²) in [5.41, 5.74) is 2.64. The predicted octanol–water partition coefficient (Wildman–Crippen LogP) is 2.98. The van der Waals surface area contributed by atoms with Gasteiger partial charge in [0.05, 0.1) is 36.8 Å². The van der Waals surface area contributed by atoms with E-state index in [-0.39, 0.29) is 5.60 Å². The predicted molar refractivity (Wildman–Crippen MR) is 104 cm³/mol. The minimum absolute atomic E-state index is 0.145. The van der Waals surface area contributed by atoms with Crippen molar-refractivity contribution in [2.24, 2.45) is 0 Å². The molecule has 1 spiro atoms. The van der Waals surface area contributed by atoms with Gasteiger partial charge in [-0.05, 0) is 50.5 Å². The number of rotatable bonds is 4. The van der Waals surface area contributed by atoms with Crippen LogP contribution in [-0.4, -0.2) is 58.2 Å². The van der Waals surface area contributed by atoms with E-state index in [4.69, 9.17) is 9.47 Å². The maximum absolute atomic E-state index is 10.5. The molecule has 2 aliphatic heterocycles. The Kier molecular flexibility index (Phi) is 4.97. The molecule has 0 radical (unpaired) electrons. The van der Waals surface area contributed by atoms with Crippen molar-refractivity contribution in [2.75, 3.05) is 26.8 Å². The number of aliphatic hydroxyl groups is 1. The van der Waals surface area contributed by atoms with Gasteiger partial charge >= 0.3 is 0 Å². The Labute approximate surface area is 160 Å². The minimum atomic E-state index is -0.591.